The second-order valence-electron chi connectivity index (χ2n) is 2.04. The molecule has 56 valence electrons. The number of rotatable bonds is 0. The van der Waals surface area contributed by atoms with E-state index in [0.29, 0.717) is 18.1 Å². The van der Waals surface area contributed by atoms with Crippen LogP contribution in [0, 0.1) is 0 Å². The molecule has 1 aliphatic heterocycles. The summed E-state index contributed by atoms with van der Waals surface area (Å²) in [7, 11) is 0. The molecule has 2 heterocycles. The van der Waals surface area contributed by atoms with Gasteiger partial charge in [-0.05, 0) is 0 Å². The lowest BCUT2D eigenvalue weighted by atomic mass is 10.4. The normalized spacial score (nSPS) is 15.5. The largest absolute Gasteiger partial charge is 0.484 e. The zero-order valence-electron chi connectivity index (χ0n) is 5.57. The zero-order valence-corrected chi connectivity index (χ0v) is 5.57. The van der Waals surface area contributed by atoms with Crippen LogP contribution in [-0.2, 0) is 0 Å². The van der Waals surface area contributed by atoms with Crippen molar-refractivity contribution in [3.8, 4) is 5.75 Å². The van der Waals surface area contributed by atoms with Crippen molar-refractivity contribution in [2.45, 2.75) is 0 Å². The molecular formula is C6H5N3O2. The van der Waals surface area contributed by atoms with E-state index in [9.17, 15) is 4.79 Å². The molecule has 0 unspecified atom stereocenters. The predicted octanol–water partition coefficient (Wildman–Crippen LogP) is 0.0131. The molecule has 0 saturated heterocycles. The number of aromatic nitrogens is 2. The number of amides is 1. The summed E-state index contributed by atoms with van der Waals surface area (Å²) in [4.78, 5) is 14.6. The van der Waals surface area contributed by atoms with E-state index in [-0.39, 0.29) is 5.91 Å². The highest BCUT2D eigenvalue weighted by molar-refractivity contribution is 6.00. The van der Waals surface area contributed by atoms with Gasteiger partial charge in [0.05, 0.1) is 6.20 Å². The van der Waals surface area contributed by atoms with Gasteiger partial charge < -0.3 is 4.74 Å². The van der Waals surface area contributed by atoms with Gasteiger partial charge in [0.25, 0.3) is 5.91 Å². The Bertz CT molecular complexity index is 315. The number of H-pyrrole nitrogens is 1. The maximum absolute atomic E-state index is 11.0. The zero-order chi connectivity index (χ0) is 7.68. The number of nitrogens with zero attached hydrogens (tertiary/aromatic N) is 2. The van der Waals surface area contributed by atoms with Crippen molar-refractivity contribution >= 4 is 12.1 Å². The third-order valence-electron chi connectivity index (χ3n) is 1.34. The Balaban J connectivity index is 2.51. The third kappa shape index (κ3) is 0.899. The fourth-order valence-electron chi connectivity index (χ4n) is 0.850. The maximum Gasteiger partial charge on any atom is 0.298 e. The van der Waals surface area contributed by atoms with Crippen LogP contribution in [-0.4, -0.2) is 28.9 Å². The van der Waals surface area contributed by atoms with Crippen LogP contribution in [0.2, 0.25) is 0 Å². The number of hydrogen-bond acceptors (Lipinski definition) is 3. The molecule has 1 amide bonds. The van der Waals surface area contributed by atoms with Gasteiger partial charge in [0, 0.05) is 6.21 Å². The Hall–Kier alpha value is -1.65. The molecule has 11 heavy (non-hydrogen) atoms. The van der Waals surface area contributed by atoms with Crippen LogP contribution in [0.15, 0.2) is 11.2 Å². The molecule has 0 radical (unpaired) electrons. The van der Waals surface area contributed by atoms with Crippen molar-refractivity contribution in [2.75, 3.05) is 6.61 Å². The molecule has 1 N–H and O–H groups in total. The Kier molecular flexibility index (Phi) is 1.21. The molecule has 1 aromatic heterocycles. The van der Waals surface area contributed by atoms with Gasteiger partial charge in [0.1, 0.15) is 6.61 Å². The van der Waals surface area contributed by atoms with Crippen molar-refractivity contribution in [2.24, 2.45) is 4.99 Å². The molecule has 0 spiro atoms. The molecule has 5 nitrogen and oxygen atoms in total. The lowest BCUT2D eigenvalue weighted by molar-refractivity contribution is 0.0998. The Morgan fingerprint density at radius 2 is 2.55 bits per heavy atom. The molecule has 0 aliphatic carbocycles. The van der Waals surface area contributed by atoms with Crippen LogP contribution in [0.25, 0.3) is 0 Å². The number of nitrogens with one attached hydrogen (secondary N) is 1. The van der Waals surface area contributed by atoms with Gasteiger partial charge in [0.15, 0.2) is 11.4 Å². The van der Waals surface area contributed by atoms with Gasteiger partial charge in [-0.15, -0.1) is 0 Å². The standard InChI is InChI=1S/C6H5N3O2/c10-6-5-4(3-8-9-5)11-2-1-7-6/h1,3H,2H2,(H,8,9). The van der Waals surface area contributed by atoms with E-state index in [1.165, 1.54) is 12.4 Å². The number of carbonyl (C=O) groups excluding carboxylic acids is 1. The van der Waals surface area contributed by atoms with Crippen LogP contribution in [0.1, 0.15) is 10.5 Å². The lowest BCUT2D eigenvalue weighted by Gasteiger charge is -1.94. The first kappa shape index (κ1) is 6.09. The van der Waals surface area contributed by atoms with Gasteiger partial charge in [-0.1, -0.05) is 0 Å². The monoisotopic (exact) mass is 151 g/mol. The highest BCUT2D eigenvalue weighted by atomic mass is 16.5. The smallest absolute Gasteiger partial charge is 0.298 e. The number of aromatic amines is 1. The first-order chi connectivity index (χ1) is 5.38. The fraction of sp³-hybridized carbons (Fsp3) is 0.167. The molecule has 1 aliphatic rings. The summed E-state index contributed by atoms with van der Waals surface area (Å²) >= 11 is 0. The van der Waals surface area contributed by atoms with E-state index in [0.717, 1.165) is 0 Å². The summed E-state index contributed by atoms with van der Waals surface area (Å²) in [5.74, 6) is 0.127. The quantitative estimate of drug-likeness (QED) is 0.568. The highest BCUT2D eigenvalue weighted by Crippen LogP contribution is 2.16. The first-order valence-electron chi connectivity index (χ1n) is 3.11. The van der Waals surface area contributed by atoms with Gasteiger partial charge in [0.2, 0.25) is 0 Å². The average Bonchev–Trinajstić information content (AvgIpc) is 2.40. The van der Waals surface area contributed by atoms with Crippen molar-refractivity contribution in [3.63, 3.8) is 0 Å². The average molecular weight is 151 g/mol. The van der Waals surface area contributed by atoms with E-state index in [4.69, 9.17) is 4.74 Å². The summed E-state index contributed by atoms with van der Waals surface area (Å²) in [5.41, 5.74) is 0.318. The third-order valence-corrected chi connectivity index (χ3v) is 1.34. The molecule has 0 aromatic carbocycles. The van der Waals surface area contributed by atoms with Crippen molar-refractivity contribution in [3.05, 3.63) is 11.9 Å². The molecule has 0 fully saturated rings. The van der Waals surface area contributed by atoms with Crippen LogP contribution in [0.4, 0.5) is 0 Å². The summed E-state index contributed by atoms with van der Waals surface area (Å²) < 4.78 is 5.09. The molecular weight excluding hydrogens is 146 g/mol. The summed E-state index contributed by atoms with van der Waals surface area (Å²) in [6.45, 7) is 0.318. The van der Waals surface area contributed by atoms with Crippen LogP contribution in [0.3, 0.4) is 0 Å². The van der Waals surface area contributed by atoms with Gasteiger partial charge in [-0.3, -0.25) is 9.89 Å². The van der Waals surface area contributed by atoms with Crippen molar-refractivity contribution < 1.29 is 9.53 Å². The highest BCUT2D eigenvalue weighted by Gasteiger charge is 2.15. The summed E-state index contributed by atoms with van der Waals surface area (Å²) in [6, 6.07) is 0. The molecule has 2 rings (SSSR count). The first-order valence-corrected chi connectivity index (χ1v) is 3.11. The second-order valence-corrected chi connectivity index (χ2v) is 2.04. The predicted molar refractivity (Wildman–Crippen MR) is 36.9 cm³/mol. The minimum Gasteiger partial charge on any atom is -0.484 e. The molecule has 5 heteroatoms. The Morgan fingerprint density at radius 3 is 3.45 bits per heavy atom. The topological polar surface area (TPSA) is 67.3 Å². The van der Waals surface area contributed by atoms with Crippen LogP contribution < -0.4 is 4.74 Å². The number of aliphatic imine (C=N–C) groups is 1. The van der Waals surface area contributed by atoms with E-state index >= 15 is 0 Å². The second kappa shape index (κ2) is 2.19. The van der Waals surface area contributed by atoms with Crippen LogP contribution in [0.5, 0.6) is 5.75 Å². The molecule has 0 saturated carbocycles. The van der Waals surface area contributed by atoms with E-state index < -0.39 is 0 Å². The Morgan fingerprint density at radius 1 is 1.64 bits per heavy atom. The fourth-order valence-corrected chi connectivity index (χ4v) is 0.850. The van der Waals surface area contributed by atoms with Crippen molar-refractivity contribution in [1.82, 2.24) is 10.2 Å². The summed E-state index contributed by atoms with van der Waals surface area (Å²) in [5, 5.41) is 6.16. The van der Waals surface area contributed by atoms with E-state index in [2.05, 4.69) is 15.2 Å². The molecule has 1 aromatic rings. The minimum atomic E-state index is -0.338. The molecule has 0 atom stereocenters. The van der Waals surface area contributed by atoms with Gasteiger partial charge in [-0.25, -0.2) is 4.99 Å². The van der Waals surface area contributed by atoms with E-state index in [1.807, 2.05) is 0 Å². The Labute approximate surface area is 62.1 Å². The lowest BCUT2D eigenvalue weighted by Crippen LogP contribution is -1.95. The number of carbonyl (C=O) groups is 1. The van der Waals surface area contributed by atoms with Gasteiger partial charge >= 0.3 is 0 Å². The molecule has 0 bridgehead atoms. The minimum absolute atomic E-state index is 0.318. The number of ether oxygens (including phenoxy) is 1. The number of fused-ring (bicyclic) bond motifs is 1. The van der Waals surface area contributed by atoms with Gasteiger partial charge in [-0.2, -0.15) is 5.10 Å². The van der Waals surface area contributed by atoms with E-state index in [1.54, 1.807) is 0 Å². The van der Waals surface area contributed by atoms with Crippen LogP contribution >= 0.6 is 0 Å². The maximum atomic E-state index is 11.0. The van der Waals surface area contributed by atoms with Crippen molar-refractivity contribution in [1.29, 1.82) is 0 Å². The SMILES string of the molecule is O=C1N=CCOc2cn[nH]c21. The number of hydrogen-bond donors (Lipinski definition) is 1. The summed E-state index contributed by atoms with van der Waals surface area (Å²) in [6.07, 6.45) is 2.89.